The van der Waals surface area contributed by atoms with Gasteiger partial charge < -0.3 is 9.84 Å². The molecule has 116 valence electrons. The number of hydrogen-bond acceptors (Lipinski definition) is 4. The zero-order valence-electron chi connectivity index (χ0n) is 11.7. The summed E-state index contributed by atoms with van der Waals surface area (Å²) in [6.07, 6.45) is 0. The van der Waals surface area contributed by atoms with Crippen LogP contribution < -0.4 is 4.74 Å². The number of thiophene rings is 1. The molecule has 0 aliphatic rings. The maximum Gasteiger partial charge on any atom is 0.347 e. The molecule has 0 atom stereocenters. The molecule has 1 aromatic carbocycles. The number of halogens is 2. The normalized spacial score (nSPS) is 11.3. The van der Waals surface area contributed by atoms with Crippen molar-refractivity contribution in [3.63, 3.8) is 0 Å². The van der Waals surface area contributed by atoms with E-state index in [1.165, 1.54) is 43.4 Å². The first kappa shape index (κ1) is 16.8. The van der Waals surface area contributed by atoms with Crippen LogP contribution >= 0.6 is 34.5 Å². The van der Waals surface area contributed by atoms with Gasteiger partial charge >= 0.3 is 5.97 Å². The molecule has 22 heavy (non-hydrogen) atoms. The summed E-state index contributed by atoms with van der Waals surface area (Å²) in [5.41, 5.74) is -0.990. The Bertz CT molecular complexity index is 737. The maximum absolute atomic E-state index is 12.6. The van der Waals surface area contributed by atoms with Gasteiger partial charge in [0.15, 0.2) is 11.4 Å². The summed E-state index contributed by atoms with van der Waals surface area (Å²) in [7, 11) is 0. The number of ketones is 1. The quantitative estimate of drug-likeness (QED) is 0.797. The van der Waals surface area contributed by atoms with Gasteiger partial charge in [0, 0.05) is 15.8 Å². The molecule has 0 aliphatic carbocycles. The molecule has 0 bridgehead atoms. The first-order chi connectivity index (χ1) is 10.2. The van der Waals surface area contributed by atoms with Gasteiger partial charge in [-0.1, -0.05) is 23.2 Å². The smallest absolute Gasteiger partial charge is 0.347 e. The third-order valence-electron chi connectivity index (χ3n) is 2.93. The number of hydrogen-bond donors (Lipinski definition) is 1. The van der Waals surface area contributed by atoms with Gasteiger partial charge in [-0.2, -0.15) is 11.3 Å². The van der Waals surface area contributed by atoms with Gasteiger partial charge in [-0.25, -0.2) is 4.79 Å². The predicted octanol–water partition coefficient (Wildman–Crippen LogP) is 4.53. The van der Waals surface area contributed by atoms with E-state index in [0.29, 0.717) is 15.6 Å². The molecule has 0 radical (unpaired) electrons. The number of carboxylic acids is 1. The maximum atomic E-state index is 12.6. The summed E-state index contributed by atoms with van der Waals surface area (Å²) in [6.45, 7) is 2.80. The van der Waals surface area contributed by atoms with Crippen molar-refractivity contribution in [2.45, 2.75) is 19.4 Å². The molecule has 7 heteroatoms. The Hall–Kier alpha value is -1.56. The van der Waals surface area contributed by atoms with Crippen LogP contribution in [0.5, 0.6) is 5.75 Å². The van der Waals surface area contributed by atoms with E-state index < -0.39 is 11.6 Å². The van der Waals surface area contributed by atoms with E-state index in [-0.39, 0.29) is 17.1 Å². The largest absolute Gasteiger partial charge is 0.478 e. The highest BCUT2D eigenvalue weighted by Crippen LogP contribution is 2.31. The lowest BCUT2D eigenvalue weighted by Crippen LogP contribution is -2.38. The minimum atomic E-state index is -1.48. The minimum absolute atomic E-state index is 0.143. The van der Waals surface area contributed by atoms with E-state index in [2.05, 4.69) is 0 Å². The molecule has 1 N–H and O–H groups in total. The molecule has 0 unspecified atom stereocenters. The molecular weight excluding hydrogens is 347 g/mol. The second kappa shape index (κ2) is 6.28. The third-order valence-corrected chi connectivity index (χ3v) is 4.35. The van der Waals surface area contributed by atoms with E-state index in [0.717, 1.165) is 0 Å². The van der Waals surface area contributed by atoms with Crippen LogP contribution in [0.4, 0.5) is 0 Å². The van der Waals surface area contributed by atoms with Crippen LogP contribution in [0.3, 0.4) is 0 Å². The van der Waals surface area contributed by atoms with Crippen molar-refractivity contribution in [2.24, 2.45) is 0 Å². The fourth-order valence-electron chi connectivity index (χ4n) is 1.68. The predicted molar refractivity (Wildman–Crippen MR) is 86.6 cm³/mol. The van der Waals surface area contributed by atoms with Gasteiger partial charge in [0.2, 0.25) is 0 Å². The van der Waals surface area contributed by atoms with Crippen LogP contribution in [-0.2, 0) is 4.79 Å². The zero-order valence-corrected chi connectivity index (χ0v) is 14.1. The van der Waals surface area contributed by atoms with Crippen LogP contribution in [0.1, 0.15) is 29.8 Å². The van der Waals surface area contributed by atoms with Crippen molar-refractivity contribution in [1.29, 1.82) is 0 Å². The fraction of sp³-hybridized carbons (Fsp3) is 0.200. The highest BCUT2D eigenvalue weighted by Gasteiger charge is 2.31. The number of carbonyl (C=O) groups is 2. The summed E-state index contributed by atoms with van der Waals surface area (Å²) in [6, 6.07) is 4.44. The summed E-state index contributed by atoms with van der Waals surface area (Å²) in [5, 5.41) is 13.1. The van der Waals surface area contributed by atoms with Crippen molar-refractivity contribution in [2.75, 3.05) is 0 Å². The molecule has 1 aromatic heterocycles. The standard InChI is InChI=1S/C15H12Cl2O4S/c1-15(2,14(19)20)21-12-4-3-8(16)5-9(12)13(18)10-6-22-7-11(10)17/h3-7H,1-2H3,(H,19,20). The Morgan fingerprint density at radius 2 is 1.86 bits per heavy atom. The average Bonchev–Trinajstić information content (AvgIpc) is 2.86. The highest BCUT2D eigenvalue weighted by atomic mass is 35.5. The van der Waals surface area contributed by atoms with E-state index in [9.17, 15) is 9.59 Å². The third kappa shape index (κ3) is 3.43. The molecular formula is C15H12Cl2O4S. The molecule has 4 nitrogen and oxygen atoms in total. The van der Waals surface area contributed by atoms with Gasteiger partial charge in [-0.05, 0) is 32.0 Å². The molecule has 0 spiro atoms. The number of carbonyl (C=O) groups excluding carboxylic acids is 1. The molecule has 2 aromatic rings. The van der Waals surface area contributed by atoms with Gasteiger partial charge in [0.05, 0.1) is 16.1 Å². The van der Waals surface area contributed by atoms with Crippen LogP contribution in [0.15, 0.2) is 29.0 Å². The van der Waals surface area contributed by atoms with Gasteiger partial charge in [-0.15, -0.1) is 0 Å². The van der Waals surface area contributed by atoms with E-state index in [4.69, 9.17) is 33.0 Å². The summed E-state index contributed by atoms with van der Waals surface area (Å²) in [4.78, 5) is 23.8. The zero-order chi connectivity index (χ0) is 16.5. The number of aliphatic carboxylic acids is 1. The lowest BCUT2D eigenvalue weighted by Gasteiger charge is -2.23. The Morgan fingerprint density at radius 1 is 1.18 bits per heavy atom. The van der Waals surface area contributed by atoms with E-state index in [1.54, 1.807) is 10.8 Å². The van der Waals surface area contributed by atoms with E-state index in [1.807, 2.05) is 0 Å². The highest BCUT2D eigenvalue weighted by molar-refractivity contribution is 7.08. The van der Waals surface area contributed by atoms with Crippen LogP contribution in [0, 0.1) is 0 Å². The summed E-state index contributed by atoms with van der Waals surface area (Å²) >= 11 is 13.2. The first-order valence-electron chi connectivity index (χ1n) is 6.20. The van der Waals surface area contributed by atoms with Gasteiger partial charge in [-0.3, -0.25) is 4.79 Å². The summed E-state index contributed by atoms with van der Waals surface area (Å²) < 4.78 is 5.49. The number of rotatable bonds is 5. The molecule has 0 saturated carbocycles. The second-order valence-electron chi connectivity index (χ2n) is 5.02. The summed E-state index contributed by atoms with van der Waals surface area (Å²) in [5.74, 6) is -1.37. The van der Waals surface area contributed by atoms with E-state index >= 15 is 0 Å². The van der Waals surface area contributed by atoms with Crippen molar-refractivity contribution in [3.05, 3.63) is 50.1 Å². The monoisotopic (exact) mass is 358 g/mol. The Kier molecular flexibility index (Phi) is 4.80. The number of benzene rings is 1. The van der Waals surface area contributed by atoms with Crippen LogP contribution in [0.25, 0.3) is 0 Å². The second-order valence-corrected chi connectivity index (χ2v) is 6.61. The molecule has 0 saturated heterocycles. The minimum Gasteiger partial charge on any atom is -0.478 e. The van der Waals surface area contributed by atoms with Gasteiger partial charge in [0.25, 0.3) is 0 Å². The van der Waals surface area contributed by atoms with Crippen molar-refractivity contribution in [1.82, 2.24) is 0 Å². The van der Waals surface area contributed by atoms with Crippen LogP contribution in [0.2, 0.25) is 10.0 Å². The van der Waals surface area contributed by atoms with Crippen molar-refractivity contribution < 1.29 is 19.4 Å². The Morgan fingerprint density at radius 3 is 2.41 bits per heavy atom. The van der Waals surface area contributed by atoms with Crippen LogP contribution in [-0.4, -0.2) is 22.5 Å². The number of ether oxygens (including phenoxy) is 1. The molecule has 1 heterocycles. The molecule has 2 rings (SSSR count). The average molecular weight is 359 g/mol. The Labute approximate surface area is 141 Å². The lowest BCUT2D eigenvalue weighted by molar-refractivity contribution is -0.152. The lowest BCUT2D eigenvalue weighted by atomic mass is 10.0. The van der Waals surface area contributed by atoms with Gasteiger partial charge in [0.1, 0.15) is 5.75 Å². The molecule has 0 fully saturated rings. The molecule has 0 aliphatic heterocycles. The fourth-order valence-corrected chi connectivity index (χ4v) is 2.89. The number of carboxylic acid groups (broad SMARTS) is 1. The Balaban J connectivity index is 2.47. The molecule has 0 amide bonds. The SMILES string of the molecule is CC(C)(Oc1ccc(Cl)cc1C(=O)c1cscc1Cl)C(=O)O. The van der Waals surface area contributed by atoms with Crippen molar-refractivity contribution >= 4 is 46.3 Å². The first-order valence-corrected chi connectivity index (χ1v) is 7.90. The van der Waals surface area contributed by atoms with Crippen molar-refractivity contribution in [3.8, 4) is 5.75 Å². The topological polar surface area (TPSA) is 63.6 Å².